The number of ether oxygens (including phenoxy) is 2. The number of aldehydes is 1. The summed E-state index contributed by atoms with van der Waals surface area (Å²) in [6, 6.07) is 5.86. The maximum Gasteiger partial charge on any atom is 0.231 e. The van der Waals surface area contributed by atoms with Gasteiger partial charge >= 0.3 is 0 Å². The number of hydrogen-bond acceptors (Lipinski definition) is 3. The molecule has 2 aliphatic rings. The summed E-state index contributed by atoms with van der Waals surface area (Å²) in [5, 5.41) is 0. The van der Waals surface area contributed by atoms with E-state index in [2.05, 4.69) is 0 Å². The van der Waals surface area contributed by atoms with Gasteiger partial charge in [-0.25, -0.2) is 0 Å². The van der Waals surface area contributed by atoms with E-state index < -0.39 is 0 Å². The van der Waals surface area contributed by atoms with Crippen molar-refractivity contribution in [3.63, 3.8) is 0 Å². The smallest absolute Gasteiger partial charge is 0.231 e. The first-order valence-electron chi connectivity index (χ1n) is 4.74. The van der Waals surface area contributed by atoms with Crippen LogP contribution in [0.25, 0.3) is 0 Å². The molecule has 0 spiro atoms. The third-order valence-corrected chi connectivity index (χ3v) is 2.84. The summed E-state index contributed by atoms with van der Waals surface area (Å²) in [5.74, 6) is 2.18. The highest BCUT2D eigenvalue weighted by Gasteiger charge is 2.41. The largest absolute Gasteiger partial charge is 0.454 e. The number of fused-ring (bicyclic) bond motifs is 1. The lowest BCUT2D eigenvalue weighted by Gasteiger charge is -2.03. The van der Waals surface area contributed by atoms with Crippen LogP contribution in [0.3, 0.4) is 0 Å². The van der Waals surface area contributed by atoms with E-state index in [-0.39, 0.29) is 5.92 Å². The van der Waals surface area contributed by atoms with E-state index in [0.717, 1.165) is 29.8 Å². The molecule has 1 aliphatic heterocycles. The highest BCUT2D eigenvalue weighted by atomic mass is 16.7. The van der Waals surface area contributed by atoms with Crippen LogP contribution in [0.5, 0.6) is 11.5 Å². The van der Waals surface area contributed by atoms with Gasteiger partial charge in [0.15, 0.2) is 11.5 Å². The molecule has 1 heterocycles. The Bertz CT molecular complexity index is 386. The molecule has 3 nitrogen and oxygen atoms in total. The normalized spacial score (nSPS) is 27.4. The SMILES string of the molecule is O=C[C@@H]1C[C@H]1c1cccc2c1OCO2. The van der Waals surface area contributed by atoms with E-state index in [9.17, 15) is 4.79 Å². The van der Waals surface area contributed by atoms with Crippen LogP contribution in [0.2, 0.25) is 0 Å². The molecule has 72 valence electrons. The maximum absolute atomic E-state index is 10.6. The van der Waals surface area contributed by atoms with E-state index in [4.69, 9.17) is 9.47 Å². The monoisotopic (exact) mass is 190 g/mol. The molecule has 1 aliphatic carbocycles. The van der Waals surface area contributed by atoms with Crippen molar-refractivity contribution >= 4 is 6.29 Å². The van der Waals surface area contributed by atoms with Crippen molar-refractivity contribution in [2.75, 3.05) is 6.79 Å². The fourth-order valence-corrected chi connectivity index (χ4v) is 1.97. The van der Waals surface area contributed by atoms with Gasteiger partial charge in [0.1, 0.15) is 6.29 Å². The first-order valence-corrected chi connectivity index (χ1v) is 4.74. The minimum Gasteiger partial charge on any atom is -0.454 e. The van der Waals surface area contributed by atoms with Crippen LogP contribution in [-0.4, -0.2) is 13.1 Å². The van der Waals surface area contributed by atoms with Gasteiger partial charge in [-0.2, -0.15) is 0 Å². The Kier molecular flexibility index (Phi) is 1.54. The predicted molar refractivity (Wildman–Crippen MR) is 49.5 cm³/mol. The first kappa shape index (κ1) is 7.85. The number of hydrogen-bond donors (Lipinski definition) is 0. The predicted octanol–water partition coefficient (Wildman–Crippen LogP) is 1.72. The Morgan fingerprint density at radius 1 is 1.36 bits per heavy atom. The van der Waals surface area contributed by atoms with Crippen molar-refractivity contribution < 1.29 is 14.3 Å². The summed E-state index contributed by atoms with van der Waals surface area (Å²) in [6.07, 6.45) is 1.98. The van der Waals surface area contributed by atoms with Crippen LogP contribution in [0.1, 0.15) is 17.9 Å². The zero-order valence-corrected chi connectivity index (χ0v) is 7.60. The first-order chi connectivity index (χ1) is 6.90. The van der Waals surface area contributed by atoms with Gasteiger partial charge < -0.3 is 14.3 Å². The Balaban J connectivity index is 1.99. The third kappa shape index (κ3) is 1.02. The topological polar surface area (TPSA) is 35.5 Å². The van der Waals surface area contributed by atoms with Crippen LogP contribution in [-0.2, 0) is 4.79 Å². The molecule has 1 fully saturated rings. The molecule has 0 amide bonds. The zero-order chi connectivity index (χ0) is 9.54. The summed E-state index contributed by atoms with van der Waals surface area (Å²) < 4.78 is 10.7. The lowest BCUT2D eigenvalue weighted by Crippen LogP contribution is -1.94. The van der Waals surface area contributed by atoms with Gasteiger partial charge in [-0.3, -0.25) is 0 Å². The maximum atomic E-state index is 10.6. The fraction of sp³-hybridized carbons (Fsp3) is 0.364. The number of rotatable bonds is 2. The molecule has 0 radical (unpaired) electrons. The van der Waals surface area contributed by atoms with Crippen LogP contribution in [0.4, 0.5) is 0 Å². The molecular formula is C11H10O3. The van der Waals surface area contributed by atoms with Gasteiger partial charge in [-0.05, 0) is 18.4 Å². The van der Waals surface area contributed by atoms with E-state index >= 15 is 0 Å². The van der Waals surface area contributed by atoms with Crippen molar-refractivity contribution in [3.8, 4) is 11.5 Å². The molecule has 0 unspecified atom stereocenters. The van der Waals surface area contributed by atoms with Crippen LogP contribution >= 0.6 is 0 Å². The fourth-order valence-electron chi connectivity index (χ4n) is 1.97. The van der Waals surface area contributed by atoms with Gasteiger partial charge in [0.05, 0.1) is 0 Å². The van der Waals surface area contributed by atoms with Crippen LogP contribution < -0.4 is 9.47 Å². The molecule has 0 bridgehead atoms. The van der Waals surface area contributed by atoms with Crippen molar-refractivity contribution in [2.45, 2.75) is 12.3 Å². The minimum atomic E-state index is 0.186. The van der Waals surface area contributed by atoms with Crippen molar-refractivity contribution in [1.82, 2.24) is 0 Å². The lowest BCUT2D eigenvalue weighted by atomic mass is 10.1. The summed E-state index contributed by atoms with van der Waals surface area (Å²) in [7, 11) is 0. The second-order valence-electron chi connectivity index (χ2n) is 3.72. The quantitative estimate of drug-likeness (QED) is 0.666. The number of carbonyl (C=O) groups excluding carboxylic acids is 1. The molecule has 0 aromatic heterocycles. The molecule has 3 rings (SSSR count). The van der Waals surface area contributed by atoms with Gasteiger partial charge in [0.25, 0.3) is 0 Å². The third-order valence-electron chi connectivity index (χ3n) is 2.84. The second kappa shape index (κ2) is 2.74. The average Bonchev–Trinajstić information content (AvgIpc) is 2.85. The summed E-state index contributed by atoms with van der Waals surface area (Å²) in [4.78, 5) is 10.6. The van der Waals surface area contributed by atoms with E-state index in [1.54, 1.807) is 0 Å². The highest BCUT2D eigenvalue weighted by Crippen LogP contribution is 2.52. The van der Waals surface area contributed by atoms with Gasteiger partial charge in [0, 0.05) is 11.5 Å². The Morgan fingerprint density at radius 2 is 2.29 bits per heavy atom. The zero-order valence-electron chi connectivity index (χ0n) is 7.60. The van der Waals surface area contributed by atoms with Gasteiger partial charge in [0.2, 0.25) is 6.79 Å². The molecule has 1 aromatic rings. The van der Waals surface area contributed by atoms with Gasteiger partial charge in [-0.1, -0.05) is 12.1 Å². The van der Waals surface area contributed by atoms with E-state index in [1.165, 1.54) is 0 Å². The molecule has 0 saturated heterocycles. The number of benzene rings is 1. The molecular weight excluding hydrogens is 180 g/mol. The molecule has 1 aromatic carbocycles. The van der Waals surface area contributed by atoms with Crippen molar-refractivity contribution in [2.24, 2.45) is 5.92 Å². The van der Waals surface area contributed by atoms with E-state index in [1.807, 2.05) is 18.2 Å². The standard InChI is InChI=1S/C11H10O3/c12-5-7-4-9(7)8-2-1-3-10-11(8)14-6-13-10/h1-3,5,7,9H,4,6H2/t7-,9+/m0/s1. The average molecular weight is 190 g/mol. The number of para-hydroxylation sites is 1. The Labute approximate surface area is 81.6 Å². The lowest BCUT2D eigenvalue weighted by molar-refractivity contribution is -0.108. The molecule has 3 heteroatoms. The highest BCUT2D eigenvalue weighted by molar-refractivity contribution is 5.64. The summed E-state index contributed by atoms with van der Waals surface area (Å²) in [6.45, 7) is 0.296. The van der Waals surface area contributed by atoms with Crippen molar-refractivity contribution in [1.29, 1.82) is 0 Å². The van der Waals surface area contributed by atoms with E-state index in [0.29, 0.717) is 12.7 Å². The van der Waals surface area contributed by atoms with Crippen LogP contribution in [0.15, 0.2) is 18.2 Å². The Morgan fingerprint density at radius 3 is 3.07 bits per heavy atom. The van der Waals surface area contributed by atoms with Crippen molar-refractivity contribution in [3.05, 3.63) is 23.8 Å². The second-order valence-corrected chi connectivity index (χ2v) is 3.72. The molecule has 0 N–H and O–H groups in total. The summed E-state index contributed by atoms with van der Waals surface area (Å²) in [5.41, 5.74) is 1.12. The van der Waals surface area contributed by atoms with Gasteiger partial charge in [-0.15, -0.1) is 0 Å². The molecule has 1 saturated carbocycles. The molecule has 2 atom stereocenters. The minimum absolute atomic E-state index is 0.186. The van der Waals surface area contributed by atoms with Crippen LogP contribution in [0, 0.1) is 5.92 Å². The summed E-state index contributed by atoms with van der Waals surface area (Å²) >= 11 is 0. The Hall–Kier alpha value is -1.51. The number of carbonyl (C=O) groups is 1. The molecule has 14 heavy (non-hydrogen) atoms.